The van der Waals surface area contributed by atoms with Crippen molar-refractivity contribution in [2.75, 3.05) is 0 Å². The molecule has 0 saturated heterocycles. The molecule has 0 aromatic heterocycles. The molecule has 70 valence electrons. The summed E-state index contributed by atoms with van der Waals surface area (Å²) in [5.74, 6) is 1.52. The number of allylic oxidation sites excluding steroid dienone is 2. The molecule has 0 N–H and O–H groups in total. The van der Waals surface area contributed by atoms with Gasteiger partial charge in [0.1, 0.15) is 0 Å². The molecule has 0 atom stereocenters. The fourth-order valence-electron chi connectivity index (χ4n) is 1.57. The van der Waals surface area contributed by atoms with E-state index in [1.54, 1.807) is 5.47 Å². The zero-order valence-corrected chi connectivity index (χ0v) is 9.35. The number of rotatable bonds is 5. The van der Waals surface area contributed by atoms with E-state index in [2.05, 4.69) is 40.7 Å². The van der Waals surface area contributed by atoms with Gasteiger partial charge in [0, 0.05) is 0 Å². The van der Waals surface area contributed by atoms with Gasteiger partial charge in [-0.2, -0.15) is 0 Å². The predicted molar refractivity (Wildman–Crippen MR) is 60.1 cm³/mol. The average Bonchev–Trinajstić information content (AvgIpc) is 1.84. The molecule has 0 aromatic carbocycles. The summed E-state index contributed by atoms with van der Waals surface area (Å²) < 4.78 is 0. The maximum atomic E-state index is 2.43. The van der Waals surface area contributed by atoms with Crippen LogP contribution in [0.15, 0.2) is 11.5 Å². The van der Waals surface area contributed by atoms with E-state index < -0.39 is 0 Å². The van der Waals surface area contributed by atoms with Gasteiger partial charge in [0.2, 0.25) is 0 Å². The lowest BCUT2D eigenvalue weighted by molar-refractivity contribution is 0.811. The Morgan fingerprint density at radius 3 is 2.17 bits per heavy atom. The molecule has 0 radical (unpaired) electrons. The summed E-state index contributed by atoms with van der Waals surface area (Å²) in [6.07, 6.45) is 5.01. The zero-order valence-electron chi connectivity index (χ0n) is 9.35. The van der Waals surface area contributed by atoms with E-state index >= 15 is 0 Å². The van der Waals surface area contributed by atoms with Crippen LogP contribution in [0.3, 0.4) is 0 Å². The molecule has 0 bridgehead atoms. The molecule has 0 aliphatic carbocycles. The lowest BCUT2D eigenvalue weighted by Gasteiger charge is -2.08. The highest BCUT2D eigenvalue weighted by atomic mass is 13.9. The fourth-order valence-corrected chi connectivity index (χ4v) is 1.57. The Balaban J connectivity index is 4.03. The van der Waals surface area contributed by atoms with Crippen LogP contribution in [0, 0.1) is 5.92 Å². The Bertz CT molecular complexity index is 134. The molecule has 0 amide bonds. The second-order valence-electron chi connectivity index (χ2n) is 4.42. The number of hydrogen-bond donors (Lipinski definition) is 0. The quantitative estimate of drug-likeness (QED) is 0.547. The standard InChI is InChI=1S/C11H23B/c1-6-7-11(8-9(2)3)12-10(4)5/h8-10,12H,6-7H2,1-5H3/b11-8+. The highest BCUT2D eigenvalue weighted by molar-refractivity contribution is 6.46. The van der Waals surface area contributed by atoms with Crippen LogP contribution in [-0.2, 0) is 0 Å². The normalized spacial score (nSPS) is 12.8. The van der Waals surface area contributed by atoms with Gasteiger partial charge in [0.25, 0.3) is 0 Å². The average molecular weight is 166 g/mol. The first-order chi connectivity index (χ1) is 5.56. The van der Waals surface area contributed by atoms with Gasteiger partial charge >= 0.3 is 0 Å². The summed E-state index contributed by atoms with van der Waals surface area (Å²) in [6.45, 7) is 11.4. The Hall–Kier alpha value is -0.195. The summed E-state index contributed by atoms with van der Waals surface area (Å²) in [5.41, 5.74) is 1.66. The fraction of sp³-hybridized carbons (Fsp3) is 0.818. The molecular formula is C11H23B. The zero-order chi connectivity index (χ0) is 9.56. The van der Waals surface area contributed by atoms with Crippen LogP contribution < -0.4 is 0 Å². The minimum Gasteiger partial charge on any atom is -0.109 e. The van der Waals surface area contributed by atoms with Crippen LogP contribution in [0.1, 0.15) is 47.5 Å². The maximum Gasteiger partial charge on any atom is 0.154 e. The van der Waals surface area contributed by atoms with Gasteiger partial charge in [-0.3, -0.25) is 0 Å². The van der Waals surface area contributed by atoms with Crippen molar-refractivity contribution in [1.82, 2.24) is 0 Å². The first-order valence-corrected chi connectivity index (χ1v) is 5.25. The molecule has 0 fully saturated rings. The van der Waals surface area contributed by atoms with Crippen molar-refractivity contribution in [3.63, 3.8) is 0 Å². The van der Waals surface area contributed by atoms with Gasteiger partial charge in [0.15, 0.2) is 7.28 Å². The van der Waals surface area contributed by atoms with Crippen LogP contribution in [0.2, 0.25) is 5.82 Å². The van der Waals surface area contributed by atoms with E-state index in [1.807, 2.05) is 0 Å². The highest BCUT2D eigenvalue weighted by Gasteiger charge is 2.03. The largest absolute Gasteiger partial charge is 0.154 e. The summed E-state index contributed by atoms with van der Waals surface area (Å²) in [5, 5.41) is 0. The predicted octanol–water partition coefficient (Wildman–Crippen LogP) is 3.59. The SMILES string of the molecule is CCC/C(BC(C)C)=C\C(C)C. The van der Waals surface area contributed by atoms with E-state index in [0.717, 1.165) is 5.82 Å². The second kappa shape index (κ2) is 6.34. The van der Waals surface area contributed by atoms with Crippen LogP contribution in [-0.4, -0.2) is 7.28 Å². The third kappa shape index (κ3) is 6.51. The highest BCUT2D eigenvalue weighted by Crippen LogP contribution is 2.13. The van der Waals surface area contributed by atoms with Crippen LogP contribution in [0.4, 0.5) is 0 Å². The van der Waals surface area contributed by atoms with Gasteiger partial charge in [-0.25, -0.2) is 0 Å². The maximum absolute atomic E-state index is 2.43. The number of hydrogen-bond acceptors (Lipinski definition) is 0. The van der Waals surface area contributed by atoms with Gasteiger partial charge in [-0.1, -0.05) is 52.9 Å². The molecule has 0 rings (SSSR count). The first kappa shape index (κ1) is 11.8. The minimum absolute atomic E-state index is 0.713. The van der Waals surface area contributed by atoms with Crippen molar-refractivity contribution in [3.8, 4) is 0 Å². The molecule has 0 aliphatic rings. The lowest BCUT2D eigenvalue weighted by Crippen LogP contribution is -2.02. The van der Waals surface area contributed by atoms with Gasteiger partial charge in [-0.05, 0) is 12.3 Å². The molecule has 1 heteroatoms. The third-order valence-electron chi connectivity index (χ3n) is 1.81. The third-order valence-corrected chi connectivity index (χ3v) is 1.81. The van der Waals surface area contributed by atoms with Crippen LogP contribution in [0.25, 0.3) is 0 Å². The lowest BCUT2D eigenvalue weighted by atomic mass is 9.58. The van der Waals surface area contributed by atoms with Crippen molar-refractivity contribution >= 4 is 7.28 Å². The minimum atomic E-state index is 0.713. The monoisotopic (exact) mass is 166 g/mol. The van der Waals surface area contributed by atoms with E-state index in [0.29, 0.717) is 5.92 Å². The van der Waals surface area contributed by atoms with E-state index in [1.165, 1.54) is 20.1 Å². The second-order valence-corrected chi connectivity index (χ2v) is 4.42. The van der Waals surface area contributed by atoms with E-state index in [9.17, 15) is 0 Å². The molecule has 0 spiro atoms. The van der Waals surface area contributed by atoms with Crippen molar-refractivity contribution in [2.45, 2.75) is 53.3 Å². The van der Waals surface area contributed by atoms with E-state index in [4.69, 9.17) is 0 Å². The molecule has 12 heavy (non-hydrogen) atoms. The molecule has 0 unspecified atom stereocenters. The Morgan fingerprint density at radius 1 is 1.25 bits per heavy atom. The van der Waals surface area contributed by atoms with Crippen molar-refractivity contribution in [2.24, 2.45) is 5.92 Å². The summed E-state index contributed by atoms with van der Waals surface area (Å²) in [6, 6.07) is 0. The molecule has 0 saturated carbocycles. The molecule has 0 heterocycles. The summed E-state index contributed by atoms with van der Waals surface area (Å²) in [7, 11) is 1.28. The van der Waals surface area contributed by atoms with Crippen LogP contribution in [0.5, 0.6) is 0 Å². The molecule has 0 aliphatic heterocycles. The Morgan fingerprint density at radius 2 is 1.83 bits per heavy atom. The molecular weight excluding hydrogens is 143 g/mol. The Labute approximate surface area is 78.7 Å². The Kier molecular flexibility index (Phi) is 6.23. The smallest absolute Gasteiger partial charge is 0.109 e. The van der Waals surface area contributed by atoms with Crippen molar-refractivity contribution in [3.05, 3.63) is 11.5 Å². The molecule has 0 nitrogen and oxygen atoms in total. The van der Waals surface area contributed by atoms with Crippen molar-refractivity contribution < 1.29 is 0 Å². The van der Waals surface area contributed by atoms with Crippen molar-refractivity contribution in [1.29, 1.82) is 0 Å². The summed E-state index contributed by atoms with van der Waals surface area (Å²) >= 11 is 0. The van der Waals surface area contributed by atoms with E-state index in [-0.39, 0.29) is 0 Å². The summed E-state index contributed by atoms with van der Waals surface area (Å²) in [4.78, 5) is 0. The van der Waals surface area contributed by atoms with Gasteiger partial charge in [-0.15, -0.1) is 5.47 Å². The topological polar surface area (TPSA) is 0 Å². The van der Waals surface area contributed by atoms with Crippen LogP contribution >= 0.6 is 0 Å². The first-order valence-electron chi connectivity index (χ1n) is 5.25. The van der Waals surface area contributed by atoms with Gasteiger partial charge < -0.3 is 0 Å². The van der Waals surface area contributed by atoms with Gasteiger partial charge in [0.05, 0.1) is 0 Å². The molecule has 0 aromatic rings.